The van der Waals surface area contributed by atoms with Crippen molar-refractivity contribution in [2.75, 3.05) is 64.4 Å². The molecule has 14 heteroatoms. The Morgan fingerprint density at radius 3 is 0.905 bits per heavy atom. The molecule has 0 heterocycles. The molecule has 254 valence electrons. The van der Waals surface area contributed by atoms with Gasteiger partial charge in [0.2, 0.25) is 0 Å². The number of hydrogen-bond donors (Lipinski definition) is 2. The standard InChI is InChI=1S/C28H58O8S6/c1-9-29-25(19-17-21-37,23-27(31-11-3,32-12-4)33-13-5)39-41-42-40-26(30-10-2,20-18-22-38)24-28(34-14-6,35-15-7)36-16-8/h37-38H,9-24H2,1-8H3. The summed E-state index contributed by atoms with van der Waals surface area (Å²) >= 11 is 8.99. The Morgan fingerprint density at radius 2 is 0.690 bits per heavy atom. The molecule has 0 fully saturated rings. The van der Waals surface area contributed by atoms with Gasteiger partial charge in [-0.2, -0.15) is 25.3 Å². The maximum absolute atomic E-state index is 6.49. The van der Waals surface area contributed by atoms with E-state index in [1.165, 1.54) is 0 Å². The minimum atomic E-state index is -1.19. The first kappa shape index (κ1) is 43.8. The SMILES string of the molecule is CCOC(CC(CCCS)(OCC)SSSSC(CCCS)(CC(OCC)(OCC)OCC)OCC)(OCC)OCC. The van der Waals surface area contributed by atoms with E-state index >= 15 is 0 Å². The van der Waals surface area contributed by atoms with Gasteiger partial charge in [-0.25, -0.2) is 0 Å². The lowest BCUT2D eigenvalue weighted by atomic mass is 10.1. The van der Waals surface area contributed by atoms with E-state index in [1.807, 2.05) is 55.4 Å². The van der Waals surface area contributed by atoms with Crippen molar-refractivity contribution in [2.45, 2.75) is 116 Å². The van der Waals surface area contributed by atoms with Gasteiger partial charge in [-0.1, -0.05) is 0 Å². The average Bonchev–Trinajstić information content (AvgIpc) is 2.94. The van der Waals surface area contributed by atoms with Crippen LogP contribution in [0, 0.1) is 0 Å². The molecule has 0 bridgehead atoms. The molecule has 0 spiro atoms. The van der Waals surface area contributed by atoms with Gasteiger partial charge < -0.3 is 37.9 Å². The first-order valence-electron chi connectivity index (χ1n) is 15.3. The maximum atomic E-state index is 6.49. The molecule has 0 saturated carbocycles. The molecule has 0 aromatic rings. The molecule has 0 aromatic heterocycles. The highest BCUT2D eigenvalue weighted by atomic mass is 33.7. The van der Waals surface area contributed by atoms with Crippen molar-refractivity contribution in [1.29, 1.82) is 0 Å². The van der Waals surface area contributed by atoms with E-state index in [2.05, 4.69) is 25.3 Å². The van der Waals surface area contributed by atoms with Crippen LogP contribution >= 0.6 is 66.5 Å². The Hall–Kier alpha value is 1.78. The zero-order valence-electron chi connectivity index (χ0n) is 27.1. The van der Waals surface area contributed by atoms with Crippen molar-refractivity contribution in [3.63, 3.8) is 0 Å². The van der Waals surface area contributed by atoms with Gasteiger partial charge in [0.1, 0.15) is 9.87 Å². The lowest BCUT2D eigenvalue weighted by Gasteiger charge is -2.42. The van der Waals surface area contributed by atoms with Crippen LogP contribution in [0.4, 0.5) is 0 Å². The largest absolute Gasteiger partial charge is 0.363 e. The Labute approximate surface area is 283 Å². The van der Waals surface area contributed by atoms with Crippen molar-refractivity contribution in [2.24, 2.45) is 0 Å². The Bertz CT molecular complexity index is 555. The van der Waals surface area contributed by atoms with E-state index in [4.69, 9.17) is 37.9 Å². The normalized spacial score (nSPS) is 15.6. The minimum absolute atomic E-state index is 0.415. The average molecular weight is 715 g/mol. The van der Waals surface area contributed by atoms with Crippen LogP contribution in [-0.2, 0) is 37.9 Å². The fourth-order valence-electron chi connectivity index (χ4n) is 4.52. The predicted molar refractivity (Wildman–Crippen MR) is 190 cm³/mol. The van der Waals surface area contributed by atoms with E-state index in [-0.39, 0.29) is 0 Å². The van der Waals surface area contributed by atoms with Crippen LogP contribution in [0.15, 0.2) is 0 Å². The molecule has 0 saturated heterocycles. The Balaban J connectivity index is 6.15. The van der Waals surface area contributed by atoms with Gasteiger partial charge in [-0.15, -0.1) is 0 Å². The van der Waals surface area contributed by atoms with Crippen LogP contribution in [0.1, 0.15) is 93.9 Å². The quantitative estimate of drug-likeness (QED) is 0.0312. The van der Waals surface area contributed by atoms with Gasteiger partial charge in [0, 0.05) is 52.9 Å². The zero-order chi connectivity index (χ0) is 31.8. The van der Waals surface area contributed by atoms with Gasteiger partial charge in [0.15, 0.2) is 0 Å². The van der Waals surface area contributed by atoms with Crippen molar-refractivity contribution >= 4 is 66.5 Å². The van der Waals surface area contributed by atoms with Gasteiger partial charge in [0.05, 0.1) is 12.8 Å². The maximum Gasteiger partial charge on any atom is 0.286 e. The van der Waals surface area contributed by atoms with E-state index in [1.54, 1.807) is 41.2 Å². The number of hydrogen-bond acceptors (Lipinski definition) is 14. The predicted octanol–water partition coefficient (Wildman–Crippen LogP) is 8.86. The second-order valence-corrected chi connectivity index (χ2v) is 16.2. The van der Waals surface area contributed by atoms with Crippen LogP contribution in [0.25, 0.3) is 0 Å². The molecule has 42 heavy (non-hydrogen) atoms. The lowest BCUT2D eigenvalue weighted by Crippen LogP contribution is -2.47. The molecule has 0 rings (SSSR count). The summed E-state index contributed by atoms with van der Waals surface area (Å²) in [5.74, 6) is -0.886. The summed E-state index contributed by atoms with van der Waals surface area (Å²) in [5.41, 5.74) is 0. The zero-order valence-corrected chi connectivity index (χ0v) is 32.2. The number of rotatable bonds is 31. The summed E-state index contributed by atoms with van der Waals surface area (Å²) in [5, 5.41) is 0. The molecule has 2 atom stereocenters. The first-order chi connectivity index (χ1) is 20.2. The Morgan fingerprint density at radius 1 is 0.429 bits per heavy atom. The minimum Gasteiger partial charge on any atom is -0.363 e. The van der Waals surface area contributed by atoms with Crippen LogP contribution in [-0.4, -0.2) is 86.2 Å². The summed E-state index contributed by atoms with van der Waals surface area (Å²) in [6.07, 6.45) is 4.11. The fraction of sp³-hybridized carbons (Fsp3) is 1.00. The molecule has 0 N–H and O–H groups in total. The highest BCUT2D eigenvalue weighted by Gasteiger charge is 2.48. The van der Waals surface area contributed by atoms with Gasteiger partial charge in [-0.3, -0.25) is 0 Å². The summed E-state index contributed by atoms with van der Waals surface area (Å²) in [7, 11) is 6.65. The highest BCUT2D eigenvalue weighted by Crippen LogP contribution is 2.58. The van der Waals surface area contributed by atoms with Crippen LogP contribution in [0.5, 0.6) is 0 Å². The second-order valence-electron chi connectivity index (χ2n) is 8.96. The Kier molecular flexibility index (Phi) is 26.9. The molecule has 0 aliphatic rings. The highest BCUT2D eigenvalue weighted by molar-refractivity contribution is 9.26. The van der Waals surface area contributed by atoms with Crippen molar-refractivity contribution in [3.8, 4) is 0 Å². The molecule has 0 aliphatic carbocycles. The van der Waals surface area contributed by atoms with Crippen LogP contribution in [0.3, 0.4) is 0 Å². The van der Waals surface area contributed by atoms with Crippen LogP contribution < -0.4 is 0 Å². The molecular formula is C28H58O8S6. The monoisotopic (exact) mass is 714 g/mol. The third-order valence-electron chi connectivity index (χ3n) is 5.80. The van der Waals surface area contributed by atoms with Gasteiger partial charge >= 0.3 is 0 Å². The van der Waals surface area contributed by atoms with Crippen molar-refractivity contribution in [1.82, 2.24) is 0 Å². The molecule has 0 radical (unpaired) electrons. The summed E-state index contributed by atoms with van der Waals surface area (Å²) in [6.45, 7) is 19.5. The third kappa shape index (κ3) is 16.6. The smallest absolute Gasteiger partial charge is 0.286 e. The molecule has 0 aliphatic heterocycles. The van der Waals surface area contributed by atoms with Gasteiger partial charge in [0.25, 0.3) is 11.9 Å². The van der Waals surface area contributed by atoms with Crippen molar-refractivity contribution < 1.29 is 37.9 Å². The van der Waals surface area contributed by atoms with E-state index in [0.717, 1.165) is 37.2 Å². The summed E-state index contributed by atoms with van der Waals surface area (Å²) in [6, 6.07) is 0. The molecule has 8 nitrogen and oxygen atoms in total. The topological polar surface area (TPSA) is 73.8 Å². The first-order valence-corrected chi connectivity index (χ1v) is 21.3. The number of ether oxygens (including phenoxy) is 8. The lowest BCUT2D eigenvalue weighted by molar-refractivity contribution is -0.388. The molecule has 0 amide bonds. The molecular weight excluding hydrogens is 657 g/mol. The van der Waals surface area contributed by atoms with E-state index < -0.39 is 21.8 Å². The van der Waals surface area contributed by atoms with Crippen molar-refractivity contribution in [3.05, 3.63) is 0 Å². The summed E-state index contributed by atoms with van der Waals surface area (Å²) < 4.78 is 49.6. The molecule has 2 unspecified atom stereocenters. The fourth-order valence-corrected chi connectivity index (χ4v) is 12.7. The number of thiol groups is 2. The van der Waals surface area contributed by atoms with Crippen LogP contribution in [0.2, 0.25) is 0 Å². The molecule has 0 aromatic carbocycles. The second kappa shape index (κ2) is 25.8. The van der Waals surface area contributed by atoms with E-state index in [9.17, 15) is 0 Å². The third-order valence-corrected chi connectivity index (χ3v) is 13.8. The van der Waals surface area contributed by atoms with Gasteiger partial charge in [-0.05, 0) is 134 Å². The van der Waals surface area contributed by atoms with E-state index in [0.29, 0.717) is 65.7 Å². The summed E-state index contributed by atoms with van der Waals surface area (Å²) in [4.78, 5) is -1.25.